The third-order valence-corrected chi connectivity index (χ3v) is 8.75. The number of anilines is 1. The number of hydrogen-bond donors (Lipinski definition) is 1. The molecule has 2 aromatic heterocycles. The molecule has 1 amide bonds. The van der Waals surface area contributed by atoms with Gasteiger partial charge in [0.1, 0.15) is 10.8 Å². The zero-order chi connectivity index (χ0) is 23.4. The van der Waals surface area contributed by atoms with Crippen LogP contribution in [0.25, 0.3) is 0 Å². The first-order chi connectivity index (χ1) is 16.0. The van der Waals surface area contributed by atoms with Crippen LogP contribution in [-0.4, -0.2) is 39.0 Å². The molecule has 2 aliphatic carbocycles. The number of rotatable bonds is 8. The van der Waals surface area contributed by atoms with Crippen molar-refractivity contribution in [3.8, 4) is 0 Å². The molecule has 1 saturated carbocycles. The Morgan fingerprint density at radius 3 is 2.70 bits per heavy atom. The van der Waals surface area contributed by atoms with Gasteiger partial charge in [-0.1, -0.05) is 37.9 Å². The molecule has 1 atom stereocenters. The van der Waals surface area contributed by atoms with Crippen LogP contribution in [0.2, 0.25) is 0 Å². The highest BCUT2D eigenvalue weighted by molar-refractivity contribution is 7.99. The average molecular weight is 491 g/mol. The lowest BCUT2D eigenvalue weighted by atomic mass is 9.88. The second-order valence-electron chi connectivity index (χ2n) is 9.03. The minimum Gasteiger partial charge on any atom is -0.462 e. The third kappa shape index (κ3) is 5.45. The number of carbonyl (C=O) groups excluding carboxylic acids is 2. The first-order valence-electron chi connectivity index (χ1n) is 12.2. The maximum absolute atomic E-state index is 12.9. The second-order valence-corrected chi connectivity index (χ2v) is 11.1. The predicted molar refractivity (Wildman–Crippen MR) is 132 cm³/mol. The molecule has 1 N–H and O–H groups in total. The summed E-state index contributed by atoms with van der Waals surface area (Å²) in [6, 6.07) is 0. The lowest BCUT2D eigenvalue weighted by Crippen LogP contribution is -2.18. The molecule has 0 bridgehead atoms. The summed E-state index contributed by atoms with van der Waals surface area (Å²) in [4.78, 5) is 26.7. The van der Waals surface area contributed by atoms with E-state index in [-0.39, 0.29) is 17.6 Å². The Bertz CT molecular complexity index is 994. The summed E-state index contributed by atoms with van der Waals surface area (Å²) in [5, 5.41) is 13.3. The fourth-order valence-corrected chi connectivity index (χ4v) is 7.14. The van der Waals surface area contributed by atoms with E-state index in [1.165, 1.54) is 60.1 Å². The van der Waals surface area contributed by atoms with Gasteiger partial charge >= 0.3 is 5.97 Å². The molecule has 1 unspecified atom stereocenters. The van der Waals surface area contributed by atoms with Crippen molar-refractivity contribution < 1.29 is 14.3 Å². The number of ether oxygens (including phenoxy) is 1. The highest BCUT2D eigenvalue weighted by Crippen LogP contribution is 2.40. The topological polar surface area (TPSA) is 86.1 Å². The summed E-state index contributed by atoms with van der Waals surface area (Å²) in [6.45, 7) is 7.25. The molecule has 2 aliphatic rings. The highest BCUT2D eigenvalue weighted by Gasteiger charge is 2.29. The van der Waals surface area contributed by atoms with Gasteiger partial charge in [0.15, 0.2) is 5.16 Å². The number of nitrogens with zero attached hydrogens (tertiary/aromatic N) is 3. The number of amides is 1. The molecule has 0 aromatic carbocycles. The van der Waals surface area contributed by atoms with Crippen LogP contribution in [0, 0.1) is 5.92 Å². The van der Waals surface area contributed by atoms with Gasteiger partial charge in [0.2, 0.25) is 5.91 Å². The summed E-state index contributed by atoms with van der Waals surface area (Å²) in [5.74, 6) is 1.87. The standard InChI is InChI=1S/C24H34N4O3S2/c1-4-28-21(16-9-7-6-8-10-16)26-27-24(28)32-14-19(29)25-22-20(23(30)31-5-2)17-12-11-15(3)13-18(17)33-22/h15-16H,4-14H2,1-3H3,(H,25,29). The average Bonchev–Trinajstić information content (AvgIpc) is 3.38. The Morgan fingerprint density at radius 1 is 1.18 bits per heavy atom. The van der Waals surface area contributed by atoms with Gasteiger partial charge in [-0.25, -0.2) is 4.79 Å². The molecule has 33 heavy (non-hydrogen) atoms. The summed E-state index contributed by atoms with van der Waals surface area (Å²) >= 11 is 2.93. The van der Waals surface area contributed by atoms with Crippen LogP contribution in [-0.2, 0) is 28.9 Å². The molecule has 4 rings (SSSR count). The normalized spacial score (nSPS) is 18.7. The molecule has 0 spiro atoms. The Morgan fingerprint density at radius 2 is 1.97 bits per heavy atom. The minimum atomic E-state index is -0.338. The van der Waals surface area contributed by atoms with Gasteiger partial charge in [-0.3, -0.25) is 4.79 Å². The molecule has 180 valence electrons. The number of thioether (sulfide) groups is 1. The monoisotopic (exact) mass is 490 g/mol. The fourth-order valence-electron chi connectivity index (χ4n) is 4.92. The highest BCUT2D eigenvalue weighted by atomic mass is 32.2. The van der Waals surface area contributed by atoms with E-state index in [1.54, 1.807) is 6.92 Å². The van der Waals surface area contributed by atoms with Crippen molar-refractivity contribution in [3.05, 3.63) is 21.8 Å². The van der Waals surface area contributed by atoms with E-state index >= 15 is 0 Å². The van der Waals surface area contributed by atoms with Crippen LogP contribution in [0.4, 0.5) is 5.00 Å². The number of aromatic nitrogens is 3. The van der Waals surface area contributed by atoms with Gasteiger partial charge in [-0.2, -0.15) is 0 Å². The molecule has 1 fully saturated rings. The molecule has 2 aromatic rings. The van der Waals surface area contributed by atoms with Crippen molar-refractivity contribution in [1.29, 1.82) is 0 Å². The van der Waals surface area contributed by atoms with Crippen LogP contribution in [0.15, 0.2) is 5.16 Å². The molecule has 2 heterocycles. The molecule has 0 aliphatic heterocycles. The second kappa shape index (κ2) is 11.0. The lowest BCUT2D eigenvalue weighted by Gasteiger charge is -2.21. The van der Waals surface area contributed by atoms with Crippen molar-refractivity contribution in [1.82, 2.24) is 14.8 Å². The Balaban J connectivity index is 1.45. The van der Waals surface area contributed by atoms with Gasteiger partial charge in [0.25, 0.3) is 0 Å². The first-order valence-corrected chi connectivity index (χ1v) is 14.0. The fraction of sp³-hybridized carbons (Fsp3) is 0.667. The smallest absolute Gasteiger partial charge is 0.341 e. The number of hydrogen-bond acceptors (Lipinski definition) is 7. The van der Waals surface area contributed by atoms with Crippen LogP contribution in [0.3, 0.4) is 0 Å². The van der Waals surface area contributed by atoms with E-state index in [9.17, 15) is 9.59 Å². The van der Waals surface area contributed by atoms with E-state index in [4.69, 9.17) is 4.74 Å². The number of carbonyl (C=O) groups is 2. The van der Waals surface area contributed by atoms with Crippen molar-refractivity contribution >= 4 is 40.0 Å². The van der Waals surface area contributed by atoms with Crippen molar-refractivity contribution in [2.24, 2.45) is 5.92 Å². The van der Waals surface area contributed by atoms with Gasteiger partial charge in [0, 0.05) is 17.3 Å². The summed E-state index contributed by atoms with van der Waals surface area (Å²) < 4.78 is 7.47. The van der Waals surface area contributed by atoms with Gasteiger partial charge in [-0.05, 0) is 57.4 Å². The van der Waals surface area contributed by atoms with E-state index in [0.717, 1.165) is 42.4 Å². The summed E-state index contributed by atoms with van der Waals surface area (Å²) in [6.07, 6.45) is 8.99. The molecule has 0 radical (unpaired) electrons. The van der Waals surface area contributed by atoms with Crippen LogP contribution in [0.5, 0.6) is 0 Å². The number of nitrogens with one attached hydrogen (secondary N) is 1. The van der Waals surface area contributed by atoms with E-state index in [2.05, 4.69) is 33.9 Å². The quantitative estimate of drug-likeness (QED) is 0.392. The zero-order valence-electron chi connectivity index (χ0n) is 19.8. The van der Waals surface area contributed by atoms with Crippen molar-refractivity contribution in [3.63, 3.8) is 0 Å². The first kappa shape index (κ1) is 24.3. The van der Waals surface area contributed by atoms with Crippen molar-refractivity contribution in [2.75, 3.05) is 17.7 Å². The van der Waals surface area contributed by atoms with Crippen LogP contribution >= 0.6 is 23.1 Å². The Labute approximate surface area is 204 Å². The number of thiophene rings is 1. The maximum atomic E-state index is 12.9. The SMILES string of the molecule is CCOC(=O)c1c(NC(=O)CSc2nnc(C3CCCCC3)n2CC)sc2c1CCC(C)C2. The summed E-state index contributed by atoms with van der Waals surface area (Å²) in [7, 11) is 0. The number of fused-ring (bicyclic) bond motifs is 1. The van der Waals surface area contributed by atoms with Gasteiger partial charge in [0.05, 0.1) is 17.9 Å². The summed E-state index contributed by atoms with van der Waals surface area (Å²) in [5.41, 5.74) is 1.61. The van der Waals surface area contributed by atoms with Gasteiger partial charge in [-0.15, -0.1) is 21.5 Å². The minimum absolute atomic E-state index is 0.137. The number of esters is 1. The van der Waals surface area contributed by atoms with Crippen molar-refractivity contribution in [2.45, 2.75) is 89.8 Å². The molecule has 9 heteroatoms. The Hall–Kier alpha value is -1.87. The zero-order valence-corrected chi connectivity index (χ0v) is 21.4. The largest absolute Gasteiger partial charge is 0.462 e. The molecular formula is C24H34N4O3S2. The molecule has 0 saturated heterocycles. The van der Waals surface area contributed by atoms with E-state index in [1.807, 2.05) is 0 Å². The maximum Gasteiger partial charge on any atom is 0.341 e. The van der Waals surface area contributed by atoms with Crippen LogP contribution < -0.4 is 5.32 Å². The molecular weight excluding hydrogens is 456 g/mol. The lowest BCUT2D eigenvalue weighted by molar-refractivity contribution is -0.113. The molecule has 7 nitrogen and oxygen atoms in total. The van der Waals surface area contributed by atoms with Gasteiger partial charge < -0.3 is 14.6 Å². The van der Waals surface area contributed by atoms with E-state index in [0.29, 0.717) is 29.0 Å². The predicted octanol–water partition coefficient (Wildman–Crippen LogP) is 5.44. The third-order valence-electron chi connectivity index (χ3n) is 6.61. The van der Waals surface area contributed by atoms with Crippen LogP contribution in [0.1, 0.15) is 91.8 Å². The Kier molecular flexibility index (Phi) is 8.11. The van der Waals surface area contributed by atoms with E-state index < -0.39 is 0 Å².